The van der Waals surface area contributed by atoms with Crippen LogP contribution in [0.1, 0.15) is 37.8 Å². The minimum atomic E-state index is -3.60. The van der Waals surface area contributed by atoms with Gasteiger partial charge >= 0.3 is 0 Å². The lowest BCUT2D eigenvalue weighted by Gasteiger charge is -2.20. The molecule has 0 spiro atoms. The third kappa shape index (κ3) is 4.03. The van der Waals surface area contributed by atoms with Gasteiger partial charge in [0, 0.05) is 29.3 Å². The molecule has 0 radical (unpaired) electrons. The topological polar surface area (TPSA) is 84.1 Å². The summed E-state index contributed by atoms with van der Waals surface area (Å²) in [6.45, 7) is 10.9. The third-order valence-corrected chi connectivity index (χ3v) is 7.46. The minimum Gasteiger partial charge on any atom is -0.450 e. The van der Waals surface area contributed by atoms with E-state index in [0.29, 0.717) is 40.5 Å². The Morgan fingerprint density at radius 1 is 1.12 bits per heavy atom. The smallest absolute Gasteiger partial charge is 0.291 e. The van der Waals surface area contributed by atoms with Crippen LogP contribution in [0, 0.1) is 6.92 Å². The van der Waals surface area contributed by atoms with Gasteiger partial charge in [-0.05, 0) is 31.5 Å². The van der Waals surface area contributed by atoms with Crippen molar-refractivity contribution < 1.29 is 17.7 Å². The molecule has 0 unspecified atom stereocenters. The van der Waals surface area contributed by atoms with Crippen LogP contribution in [0.25, 0.3) is 23.4 Å². The van der Waals surface area contributed by atoms with Crippen LogP contribution in [-0.4, -0.2) is 31.6 Å². The molecule has 0 aliphatic carbocycles. The first-order chi connectivity index (χ1) is 15.3. The maximum atomic E-state index is 13.1. The number of aliphatic imine (C=N–C) groups is 1. The Labute approximate surface area is 187 Å². The van der Waals surface area contributed by atoms with Crippen molar-refractivity contribution in [2.75, 3.05) is 13.1 Å². The minimum absolute atomic E-state index is 0.222. The second-order valence-electron chi connectivity index (χ2n) is 7.75. The summed E-state index contributed by atoms with van der Waals surface area (Å²) in [5.74, 6) is 0.821. The molecule has 168 valence electrons. The van der Waals surface area contributed by atoms with Gasteiger partial charge in [-0.15, -0.1) is 0 Å². The van der Waals surface area contributed by atoms with Crippen molar-refractivity contribution in [3.05, 3.63) is 64.2 Å². The van der Waals surface area contributed by atoms with E-state index in [1.54, 1.807) is 18.2 Å². The van der Waals surface area contributed by atoms with E-state index in [0.717, 1.165) is 24.0 Å². The highest BCUT2D eigenvalue weighted by Crippen LogP contribution is 2.21. The van der Waals surface area contributed by atoms with Gasteiger partial charge in [-0.3, -0.25) is 0 Å². The summed E-state index contributed by atoms with van der Waals surface area (Å²) in [5, 5.41) is 1.14. The summed E-state index contributed by atoms with van der Waals surface area (Å²) >= 11 is 0. The highest BCUT2D eigenvalue weighted by molar-refractivity contribution is 7.89. The van der Waals surface area contributed by atoms with Crippen LogP contribution in [0.5, 0.6) is 0 Å². The van der Waals surface area contributed by atoms with Gasteiger partial charge in [0.1, 0.15) is 5.58 Å². The standard InChI is InChI=1S/C24H27N3O4S/c1-5-7-14-27(6-2)32(28,29)19-12-13-21-20(15-19)17(4)22(30-21)24-25-23(26-31-24)18-10-8-16(3)9-11-18/h8-13,15H,4-7,14H2,1-3H3,(H,25,26). The lowest BCUT2D eigenvalue weighted by molar-refractivity contribution is 0.225. The van der Waals surface area contributed by atoms with Gasteiger partial charge in [-0.25, -0.2) is 13.9 Å². The van der Waals surface area contributed by atoms with E-state index >= 15 is 0 Å². The van der Waals surface area contributed by atoms with E-state index in [1.807, 2.05) is 45.0 Å². The van der Waals surface area contributed by atoms with Gasteiger partial charge in [0.25, 0.3) is 5.88 Å². The maximum absolute atomic E-state index is 13.1. The fourth-order valence-electron chi connectivity index (χ4n) is 3.57. The molecule has 2 heterocycles. The van der Waals surface area contributed by atoms with Crippen molar-refractivity contribution in [1.29, 1.82) is 0 Å². The number of aryl methyl sites for hydroxylation is 1. The summed E-state index contributed by atoms with van der Waals surface area (Å²) in [6.07, 6.45) is 1.74. The molecular formula is C24H27N3O4S. The van der Waals surface area contributed by atoms with Crippen LogP contribution in [-0.2, 0) is 14.9 Å². The van der Waals surface area contributed by atoms with Gasteiger partial charge in [-0.2, -0.15) is 9.30 Å². The fourth-order valence-corrected chi connectivity index (χ4v) is 5.08. The number of unbranched alkanes of at least 4 members (excludes halogenated alkanes) is 1. The number of hydroxylamine groups is 1. The number of rotatable bonds is 7. The zero-order valence-electron chi connectivity index (χ0n) is 18.5. The van der Waals surface area contributed by atoms with Crippen molar-refractivity contribution in [3.63, 3.8) is 0 Å². The van der Waals surface area contributed by atoms with Gasteiger partial charge in [0.2, 0.25) is 10.0 Å². The Kier molecular flexibility index (Phi) is 6.08. The molecule has 1 aromatic heterocycles. The summed E-state index contributed by atoms with van der Waals surface area (Å²) < 4.78 is 33.7. The predicted molar refractivity (Wildman–Crippen MR) is 126 cm³/mol. The van der Waals surface area contributed by atoms with Gasteiger partial charge in [-0.1, -0.05) is 56.7 Å². The number of sulfonamides is 1. The average molecular weight is 454 g/mol. The van der Waals surface area contributed by atoms with Gasteiger partial charge in [0.15, 0.2) is 11.3 Å². The Bertz CT molecular complexity index is 1390. The Morgan fingerprint density at radius 2 is 1.88 bits per heavy atom. The van der Waals surface area contributed by atoms with Crippen molar-refractivity contribution in [1.82, 2.24) is 9.79 Å². The van der Waals surface area contributed by atoms with Crippen LogP contribution in [0.15, 0.2) is 56.8 Å². The van der Waals surface area contributed by atoms with Crippen LogP contribution < -0.4 is 16.1 Å². The monoisotopic (exact) mass is 453 g/mol. The van der Waals surface area contributed by atoms with Crippen molar-refractivity contribution in [3.8, 4) is 0 Å². The largest absolute Gasteiger partial charge is 0.450 e. The van der Waals surface area contributed by atoms with E-state index in [2.05, 4.69) is 17.1 Å². The first kappa shape index (κ1) is 22.1. The van der Waals surface area contributed by atoms with Crippen LogP contribution in [0.3, 0.4) is 0 Å². The molecule has 0 atom stereocenters. The summed E-state index contributed by atoms with van der Waals surface area (Å²) in [7, 11) is -3.60. The van der Waals surface area contributed by atoms with E-state index in [-0.39, 0.29) is 10.8 Å². The predicted octanol–water partition coefficient (Wildman–Crippen LogP) is 3.01. The van der Waals surface area contributed by atoms with Crippen LogP contribution in [0.2, 0.25) is 0 Å². The highest BCUT2D eigenvalue weighted by atomic mass is 32.2. The number of hydrogen-bond acceptors (Lipinski definition) is 6. The van der Waals surface area contributed by atoms with Crippen molar-refractivity contribution >= 4 is 39.3 Å². The molecule has 0 fully saturated rings. The molecule has 1 N–H and O–H groups in total. The molecule has 7 nitrogen and oxygen atoms in total. The Morgan fingerprint density at radius 3 is 2.56 bits per heavy atom. The normalized spacial score (nSPS) is 15.7. The third-order valence-electron chi connectivity index (χ3n) is 5.49. The number of nitrogens with one attached hydrogen (secondary N) is 1. The maximum Gasteiger partial charge on any atom is 0.291 e. The van der Waals surface area contributed by atoms with E-state index in [1.165, 1.54) is 4.31 Å². The lowest BCUT2D eigenvalue weighted by atomic mass is 10.1. The molecule has 2 aromatic carbocycles. The molecule has 32 heavy (non-hydrogen) atoms. The molecule has 1 aliphatic rings. The Balaban J connectivity index is 1.76. The molecule has 0 saturated carbocycles. The van der Waals surface area contributed by atoms with E-state index in [9.17, 15) is 8.42 Å². The molecule has 8 heteroatoms. The highest BCUT2D eigenvalue weighted by Gasteiger charge is 2.24. The Hall–Kier alpha value is -3.10. The number of nitrogens with zero attached hydrogens (tertiary/aromatic N) is 2. The van der Waals surface area contributed by atoms with Crippen molar-refractivity contribution in [2.24, 2.45) is 4.99 Å². The number of furan rings is 1. The van der Waals surface area contributed by atoms with E-state index < -0.39 is 10.0 Å². The van der Waals surface area contributed by atoms with Gasteiger partial charge in [0.05, 0.1) is 4.90 Å². The fraction of sp³-hybridized carbons (Fsp3) is 0.292. The van der Waals surface area contributed by atoms with Crippen LogP contribution >= 0.6 is 0 Å². The average Bonchev–Trinajstić information content (AvgIpc) is 3.39. The van der Waals surface area contributed by atoms with Crippen LogP contribution in [0.4, 0.5) is 0 Å². The molecule has 0 amide bonds. The molecule has 3 aromatic rings. The summed E-state index contributed by atoms with van der Waals surface area (Å²) in [5.41, 5.74) is 5.73. The number of benzene rings is 2. The molecule has 4 rings (SSSR count). The summed E-state index contributed by atoms with van der Waals surface area (Å²) in [4.78, 5) is 10.3. The zero-order valence-corrected chi connectivity index (χ0v) is 19.3. The number of fused-ring (bicyclic) bond motifs is 1. The zero-order chi connectivity index (χ0) is 22.9. The SMILES string of the molecule is C=c1c(=C2N=C(c3ccc(C)cc3)NO2)oc2ccc(S(=O)(=O)N(CC)CCCC)cc12. The second-order valence-corrected chi connectivity index (χ2v) is 9.69. The van der Waals surface area contributed by atoms with Crippen molar-refractivity contribution in [2.45, 2.75) is 38.5 Å². The van der Waals surface area contributed by atoms with Gasteiger partial charge < -0.3 is 9.25 Å². The van der Waals surface area contributed by atoms with E-state index in [4.69, 9.17) is 9.25 Å². The first-order valence-electron chi connectivity index (χ1n) is 10.7. The summed E-state index contributed by atoms with van der Waals surface area (Å²) in [6, 6.07) is 12.7. The first-order valence-corrected chi connectivity index (χ1v) is 12.1. The molecule has 1 aliphatic heterocycles. The quantitative estimate of drug-likeness (QED) is 0.595. The molecular weight excluding hydrogens is 426 g/mol. The number of hydrogen-bond donors (Lipinski definition) is 1. The number of amidine groups is 1. The lowest BCUT2D eigenvalue weighted by Crippen LogP contribution is -2.31. The molecule has 0 saturated heterocycles. The molecule has 0 bridgehead atoms. The second kappa shape index (κ2) is 8.80.